The summed E-state index contributed by atoms with van der Waals surface area (Å²) in [6.07, 6.45) is 4.22. The molecule has 0 spiro atoms. The lowest BCUT2D eigenvalue weighted by Gasteiger charge is -2.42. The molecule has 1 unspecified atom stereocenters. The molecule has 15 heteroatoms. The zero-order valence-corrected chi connectivity index (χ0v) is 24.4. The quantitative estimate of drug-likeness (QED) is 0.359. The number of rotatable bonds is 6. The van der Waals surface area contributed by atoms with Crippen LogP contribution in [-0.2, 0) is 21.2 Å². The number of aromatic nitrogens is 2. The van der Waals surface area contributed by atoms with Crippen LogP contribution in [0.5, 0.6) is 0 Å². The van der Waals surface area contributed by atoms with Gasteiger partial charge in [-0.15, -0.1) is 11.3 Å². The first kappa shape index (κ1) is 28.9. The molecule has 3 amide bonds. The molecule has 0 radical (unpaired) electrons. The molecule has 1 aromatic carbocycles. The van der Waals surface area contributed by atoms with Crippen molar-refractivity contribution in [3.8, 4) is 0 Å². The minimum absolute atomic E-state index is 0.0923. The second-order valence-electron chi connectivity index (χ2n) is 11.2. The van der Waals surface area contributed by atoms with Crippen molar-refractivity contribution in [1.82, 2.24) is 24.9 Å². The molecule has 6 rings (SSSR count). The van der Waals surface area contributed by atoms with Gasteiger partial charge in [0.1, 0.15) is 12.1 Å². The van der Waals surface area contributed by atoms with Crippen LogP contribution in [-0.4, -0.2) is 78.3 Å². The second-order valence-corrected chi connectivity index (χ2v) is 13.9. The monoisotopic (exact) mass is 621 g/mol. The van der Waals surface area contributed by atoms with Crippen molar-refractivity contribution in [1.29, 1.82) is 0 Å². The fourth-order valence-electron chi connectivity index (χ4n) is 6.40. The zero-order chi connectivity index (χ0) is 29.9. The largest absolute Gasteiger partial charge is 0.363 e. The van der Waals surface area contributed by atoms with Gasteiger partial charge in [0.2, 0.25) is 17.7 Å². The summed E-state index contributed by atoms with van der Waals surface area (Å²) in [6, 6.07) is 4.03. The maximum atomic E-state index is 14.2. The molecule has 2 aromatic heterocycles. The maximum absolute atomic E-state index is 14.2. The molecule has 42 heavy (non-hydrogen) atoms. The van der Waals surface area contributed by atoms with Crippen LogP contribution in [0.25, 0.3) is 10.1 Å². The standard InChI is InChI=1S/C27H30F2N5O6PS/c1-32-23(18(28)11-30-32)16-12-33(13-16)27(37)20-7-6-17-3-2-4-19(26(36)34(17)20)31-25(35)22-10-15-9-14(5-8-21(15)42-22)24(29)41(38,39)40/h5,8-11,16-17,19-20,24H,2-4,6-7,12-13H2,1H3,(H,31,35)(H2,38,39,40)/t17-,19-,20-,24?/m0/s1. The first-order valence-corrected chi connectivity index (χ1v) is 16.2. The lowest BCUT2D eigenvalue weighted by atomic mass is 9.94. The Bertz CT molecular complexity index is 1600. The highest BCUT2D eigenvalue weighted by Gasteiger charge is 2.48. The third kappa shape index (κ3) is 5.14. The first-order valence-electron chi connectivity index (χ1n) is 13.7. The van der Waals surface area contributed by atoms with Crippen LogP contribution in [0.15, 0.2) is 30.5 Å². The van der Waals surface area contributed by atoms with Crippen molar-refractivity contribution in [2.45, 2.75) is 62.1 Å². The molecule has 3 N–H and O–H groups in total. The Morgan fingerprint density at radius 3 is 2.62 bits per heavy atom. The normalized spacial score (nSPS) is 23.9. The van der Waals surface area contributed by atoms with Gasteiger partial charge in [-0.1, -0.05) is 6.07 Å². The molecular weight excluding hydrogens is 591 g/mol. The molecule has 0 saturated carbocycles. The molecule has 3 aliphatic rings. The maximum Gasteiger partial charge on any atom is 0.363 e. The van der Waals surface area contributed by atoms with Gasteiger partial charge in [0.15, 0.2) is 5.82 Å². The fourth-order valence-corrected chi connectivity index (χ4v) is 7.90. The number of hydrogen-bond donors (Lipinski definition) is 3. The van der Waals surface area contributed by atoms with E-state index in [1.54, 1.807) is 16.8 Å². The highest BCUT2D eigenvalue weighted by atomic mass is 32.1. The van der Waals surface area contributed by atoms with E-state index in [2.05, 4.69) is 10.4 Å². The van der Waals surface area contributed by atoms with Gasteiger partial charge in [0.25, 0.3) is 5.91 Å². The lowest BCUT2D eigenvalue weighted by Crippen LogP contribution is -2.58. The Labute approximate surface area is 243 Å². The Morgan fingerprint density at radius 1 is 1.17 bits per heavy atom. The number of hydrogen-bond acceptors (Lipinski definition) is 6. The van der Waals surface area contributed by atoms with E-state index in [1.807, 2.05) is 0 Å². The summed E-state index contributed by atoms with van der Waals surface area (Å²) in [7, 11) is -3.32. The molecule has 3 aromatic rings. The average molecular weight is 622 g/mol. The Balaban J connectivity index is 1.14. The van der Waals surface area contributed by atoms with Gasteiger partial charge in [-0.25, -0.2) is 8.78 Å². The predicted molar refractivity (Wildman–Crippen MR) is 149 cm³/mol. The Morgan fingerprint density at radius 2 is 1.93 bits per heavy atom. The van der Waals surface area contributed by atoms with E-state index in [9.17, 15) is 27.7 Å². The highest BCUT2D eigenvalue weighted by molar-refractivity contribution is 7.51. The number of alkyl halides is 1. The number of thiophene rings is 1. The van der Waals surface area contributed by atoms with Crippen LogP contribution in [0.4, 0.5) is 8.78 Å². The molecule has 11 nitrogen and oxygen atoms in total. The topological polar surface area (TPSA) is 145 Å². The number of benzene rings is 1. The summed E-state index contributed by atoms with van der Waals surface area (Å²) in [4.78, 5) is 62.3. The van der Waals surface area contributed by atoms with Gasteiger partial charge >= 0.3 is 7.60 Å². The third-order valence-electron chi connectivity index (χ3n) is 8.53. The molecule has 224 valence electrons. The van der Waals surface area contributed by atoms with E-state index >= 15 is 0 Å². The van der Waals surface area contributed by atoms with Gasteiger partial charge in [0.05, 0.1) is 16.8 Å². The van der Waals surface area contributed by atoms with Gasteiger partial charge in [-0.05, 0) is 61.3 Å². The van der Waals surface area contributed by atoms with Crippen LogP contribution < -0.4 is 5.32 Å². The molecule has 0 bridgehead atoms. The smallest absolute Gasteiger partial charge is 0.340 e. The predicted octanol–water partition coefficient (Wildman–Crippen LogP) is 3.19. The number of amides is 3. The van der Waals surface area contributed by atoms with Gasteiger partial charge in [0, 0.05) is 36.8 Å². The molecule has 0 aliphatic carbocycles. The first-order chi connectivity index (χ1) is 19.9. The number of fused-ring (bicyclic) bond motifs is 2. The van der Waals surface area contributed by atoms with Crippen molar-refractivity contribution < 1.29 is 37.5 Å². The van der Waals surface area contributed by atoms with Crippen LogP contribution in [0, 0.1) is 5.82 Å². The summed E-state index contributed by atoms with van der Waals surface area (Å²) >= 11 is 1.12. The number of halogens is 2. The molecular formula is C27H30F2N5O6PS. The van der Waals surface area contributed by atoms with E-state index in [0.29, 0.717) is 54.6 Å². The van der Waals surface area contributed by atoms with E-state index < -0.39 is 37.3 Å². The Hall–Kier alpha value is -3.19. The number of nitrogens with one attached hydrogen (secondary N) is 1. The fraction of sp³-hybridized carbons (Fsp3) is 0.481. The van der Waals surface area contributed by atoms with E-state index in [1.165, 1.54) is 28.9 Å². The minimum Gasteiger partial charge on any atom is -0.340 e. The number of carbonyl (C=O) groups excluding carboxylic acids is 3. The van der Waals surface area contributed by atoms with Crippen LogP contribution in [0.1, 0.15) is 64.9 Å². The molecule has 3 fully saturated rings. The summed E-state index contributed by atoms with van der Waals surface area (Å²) in [6.45, 7) is 0.702. The summed E-state index contributed by atoms with van der Waals surface area (Å²) in [5.74, 6) is -3.99. The van der Waals surface area contributed by atoms with Crippen LogP contribution in [0.3, 0.4) is 0 Å². The van der Waals surface area contributed by atoms with Gasteiger partial charge in [-0.3, -0.25) is 23.6 Å². The second kappa shape index (κ2) is 10.8. The number of carbonyl (C=O) groups is 3. The average Bonchev–Trinajstić information content (AvgIpc) is 3.60. The highest BCUT2D eigenvalue weighted by Crippen LogP contribution is 2.53. The van der Waals surface area contributed by atoms with Crippen molar-refractivity contribution >= 4 is 46.7 Å². The van der Waals surface area contributed by atoms with Crippen molar-refractivity contribution in [3.05, 3.63) is 52.4 Å². The van der Waals surface area contributed by atoms with Crippen LogP contribution >= 0.6 is 18.9 Å². The number of nitrogens with zero attached hydrogens (tertiary/aromatic N) is 4. The number of likely N-dealkylation sites (tertiary alicyclic amines) is 1. The third-order valence-corrected chi connectivity index (χ3v) is 10.5. The summed E-state index contributed by atoms with van der Waals surface area (Å²) < 4.78 is 41.8. The van der Waals surface area contributed by atoms with Crippen molar-refractivity contribution in [3.63, 3.8) is 0 Å². The minimum atomic E-state index is -4.98. The molecule has 3 saturated heterocycles. The molecule has 3 aliphatic heterocycles. The van der Waals surface area contributed by atoms with Crippen molar-refractivity contribution in [2.75, 3.05) is 13.1 Å². The van der Waals surface area contributed by atoms with Gasteiger partial charge < -0.3 is 24.9 Å². The molecule has 5 heterocycles. The summed E-state index contributed by atoms with van der Waals surface area (Å²) in [5.41, 5.74) is 0.273. The lowest BCUT2D eigenvalue weighted by molar-refractivity contribution is -0.148. The number of aryl methyl sites for hydroxylation is 1. The summed E-state index contributed by atoms with van der Waals surface area (Å²) in [5, 5.41) is 7.21. The van der Waals surface area contributed by atoms with Crippen molar-refractivity contribution in [2.24, 2.45) is 7.05 Å². The van der Waals surface area contributed by atoms with Gasteiger partial charge in [-0.2, -0.15) is 5.10 Å². The Kier molecular flexibility index (Phi) is 7.45. The van der Waals surface area contributed by atoms with E-state index in [4.69, 9.17) is 9.79 Å². The van der Waals surface area contributed by atoms with E-state index in [-0.39, 0.29) is 34.2 Å². The van der Waals surface area contributed by atoms with E-state index in [0.717, 1.165) is 24.0 Å². The van der Waals surface area contributed by atoms with Crippen LogP contribution in [0.2, 0.25) is 0 Å². The SMILES string of the molecule is Cn1ncc(F)c1C1CN(C(=O)[C@@H]2CC[C@@H]3CCC[C@H](NC(=O)c4cc5cc(C(F)P(=O)(O)O)ccc5s4)C(=O)N32)C1. The molecule has 4 atom stereocenters. The zero-order valence-electron chi connectivity index (χ0n) is 22.7.